The van der Waals surface area contributed by atoms with Crippen LogP contribution in [0.4, 0.5) is 0 Å². The summed E-state index contributed by atoms with van der Waals surface area (Å²) in [6.45, 7) is 5.46. The van der Waals surface area contributed by atoms with Crippen LogP contribution in [-0.2, 0) is 11.3 Å². The highest BCUT2D eigenvalue weighted by molar-refractivity contribution is 5.95. The van der Waals surface area contributed by atoms with Gasteiger partial charge in [-0.25, -0.2) is 0 Å². The maximum Gasteiger partial charge on any atom is 0.255 e. The Morgan fingerprint density at radius 1 is 1.55 bits per heavy atom. The third-order valence-corrected chi connectivity index (χ3v) is 3.64. The molecule has 0 bridgehead atoms. The first-order valence-electron chi connectivity index (χ1n) is 7.25. The van der Waals surface area contributed by atoms with Crippen LogP contribution in [-0.4, -0.2) is 51.2 Å². The predicted octanol–water partition coefficient (Wildman–Crippen LogP) is 0.511. The zero-order valence-electron chi connectivity index (χ0n) is 12.6. The summed E-state index contributed by atoms with van der Waals surface area (Å²) in [4.78, 5) is 12.2. The molecule has 8 heteroatoms. The first-order chi connectivity index (χ1) is 10.7. The molecule has 8 nitrogen and oxygen atoms in total. The van der Waals surface area contributed by atoms with Crippen molar-refractivity contribution in [2.45, 2.75) is 32.5 Å². The normalized spacial score (nSPS) is 21.0. The van der Waals surface area contributed by atoms with E-state index in [0.29, 0.717) is 24.5 Å². The fraction of sp³-hybridized carbons (Fsp3) is 0.500. The number of nitrogens with zero attached hydrogens (tertiary/aromatic N) is 3. The van der Waals surface area contributed by atoms with E-state index in [4.69, 9.17) is 9.47 Å². The molecule has 3 heterocycles. The number of rotatable bonds is 5. The van der Waals surface area contributed by atoms with E-state index in [2.05, 4.69) is 20.6 Å². The molecule has 0 aliphatic carbocycles. The molecular weight excluding hydrogens is 286 g/mol. The Bertz CT molecular complexity index is 650. The van der Waals surface area contributed by atoms with E-state index in [-0.39, 0.29) is 18.1 Å². The van der Waals surface area contributed by atoms with Crippen molar-refractivity contribution in [1.82, 2.24) is 25.3 Å². The fourth-order valence-electron chi connectivity index (χ4n) is 2.36. The number of ether oxygens (including phenoxy) is 2. The van der Waals surface area contributed by atoms with E-state index in [1.807, 2.05) is 13.1 Å². The van der Waals surface area contributed by atoms with Crippen LogP contribution in [0.1, 0.15) is 23.0 Å². The van der Waals surface area contributed by atoms with E-state index >= 15 is 0 Å². The molecule has 0 spiro atoms. The number of aromatic amines is 1. The van der Waals surface area contributed by atoms with Gasteiger partial charge in [0, 0.05) is 12.2 Å². The summed E-state index contributed by atoms with van der Waals surface area (Å²) in [6.07, 6.45) is 4.78. The van der Waals surface area contributed by atoms with E-state index in [1.165, 1.54) is 6.20 Å². The Labute approximate surface area is 127 Å². The van der Waals surface area contributed by atoms with Crippen LogP contribution in [0.5, 0.6) is 5.75 Å². The first-order valence-corrected chi connectivity index (χ1v) is 7.25. The minimum Gasteiger partial charge on any atom is -0.482 e. The number of H-pyrrole nitrogens is 1. The number of hydrogen-bond donors (Lipinski definition) is 2. The third-order valence-electron chi connectivity index (χ3n) is 3.64. The molecule has 2 aromatic rings. The maximum absolute atomic E-state index is 12.2. The van der Waals surface area contributed by atoms with Gasteiger partial charge in [0.2, 0.25) is 0 Å². The molecule has 2 N–H and O–H groups in total. The number of aromatic nitrogens is 4. The molecule has 2 aromatic heterocycles. The van der Waals surface area contributed by atoms with Gasteiger partial charge in [0.25, 0.3) is 5.91 Å². The molecule has 1 amide bonds. The predicted molar refractivity (Wildman–Crippen MR) is 77.7 cm³/mol. The van der Waals surface area contributed by atoms with Crippen molar-refractivity contribution in [3.05, 3.63) is 29.8 Å². The number of amides is 1. The van der Waals surface area contributed by atoms with E-state index < -0.39 is 0 Å². The standard InChI is InChI=1S/C14H19N5O3/c1-3-19-6-10(4-16-19)22-13-8-21-7-12(13)17-14(20)11-5-15-18-9(11)2/h4-6,12-13H,3,7-8H2,1-2H3,(H,15,18)(H,17,20)/t12-,13+/m0/s1. The van der Waals surface area contributed by atoms with Crippen LogP contribution in [0.15, 0.2) is 18.6 Å². The monoisotopic (exact) mass is 305 g/mol. The van der Waals surface area contributed by atoms with Crippen molar-refractivity contribution in [1.29, 1.82) is 0 Å². The molecule has 0 unspecified atom stereocenters. The highest BCUT2D eigenvalue weighted by Gasteiger charge is 2.32. The molecule has 1 saturated heterocycles. The summed E-state index contributed by atoms with van der Waals surface area (Å²) in [5, 5.41) is 13.7. The van der Waals surface area contributed by atoms with Crippen molar-refractivity contribution >= 4 is 5.91 Å². The Balaban J connectivity index is 1.63. The SMILES string of the molecule is CCn1cc(O[C@@H]2COC[C@@H]2NC(=O)c2cn[nH]c2C)cn1. The van der Waals surface area contributed by atoms with Crippen molar-refractivity contribution in [3.63, 3.8) is 0 Å². The highest BCUT2D eigenvalue weighted by atomic mass is 16.5. The summed E-state index contributed by atoms with van der Waals surface area (Å²) in [7, 11) is 0. The molecule has 3 rings (SSSR count). The number of carbonyl (C=O) groups excluding carboxylic acids is 1. The van der Waals surface area contributed by atoms with Gasteiger partial charge in [0.05, 0.1) is 43.4 Å². The molecule has 2 atom stereocenters. The summed E-state index contributed by atoms with van der Waals surface area (Å²) in [6, 6.07) is -0.202. The van der Waals surface area contributed by atoms with Gasteiger partial charge in [-0.15, -0.1) is 0 Å². The molecule has 0 aromatic carbocycles. The van der Waals surface area contributed by atoms with E-state index in [0.717, 1.165) is 12.2 Å². The second kappa shape index (κ2) is 6.18. The van der Waals surface area contributed by atoms with Crippen molar-refractivity contribution in [2.24, 2.45) is 0 Å². The zero-order valence-corrected chi connectivity index (χ0v) is 12.6. The van der Waals surface area contributed by atoms with Crippen molar-refractivity contribution < 1.29 is 14.3 Å². The number of carbonyl (C=O) groups is 1. The van der Waals surface area contributed by atoms with Crippen LogP contribution in [0.25, 0.3) is 0 Å². The second-order valence-corrected chi connectivity index (χ2v) is 5.21. The Morgan fingerprint density at radius 2 is 2.41 bits per heavy atom. The summed E-state index contributed by atoms with van der Waals surface area (Å²) in [5.74, 6) is 0.496. The molecule has 0 radical (unpaired) electrons. The number of aryl methyl sites for hydroxylation is 2. The highest BCUT2D eigenvalue weighted by Crippen LogP contribution is 2.17. The first kappa shape index (κ1) is 14.6. The largest absolute Gasteiger partial charge is 0.482 e. The van der Waals surface area contributed by atoms with Crippen LogP contribution < -0.4 is 10.1 Å². The fourth-order valence-corrected chi connectivity index (χ4v) is 2.36. The topological polar surface area (TPSA) is 94.1 Å². The molecule has 1 fully saturated rings. The third kappa shape index (κ3) is 2.96. The second-order valence-electron chi connectivity index (χ2n) is 5.21. The number of nitrogens with one attached hydrogen (secondary N) is 2. The molecule has 1 aliphatic heterocycles. The van der Waals surface area contributed by atoms with E-state index in [1.54, 1.807) is 17.8 Å². The van der Waals surface area contributed by atoms with Gasteiger partial charge < -0.3 is 14.8 Å². The van der Waals surface area contributed by atoms with Crippen LogP contribution in [0.3, 0.4) is 0 Å². The minimum absolute atomic E-state index is 0.181. The minimum atomic E-state index is -0.231. The van der Waals surface area contributed by atoms with Crippen LogP contribution >= 0.6 is 0 Å². The van der Waals surface area contributed by atoms with Crippen molar-refractivity contribution in [2.75, 3.05) is 13.2 Å². The van der Waals surface area contributed by atoms with Crippen LogP contribution in [0.2, 0.25) is 0 Å². The van der Waals surface area contributed by atoms with Crippen LogP contribution in [0, 0.1) is 6.92 Å². The average molecular weight is 305 g/mol. The van der Waals surface area contributed by atoms with Gasteiger partial charge in [-0.2, -0.15) is 10.2 Å². The molecule has 1 aliphatic rings. The molecule has 22 heavy (non-hydrogen) atoms. The molecule has 0 saturated carbocycles. The van der Waals surface area contributed by atoms with Crippen molar-refractivity contribution in [3.8, 4) is 5.75 Å². The quantitative estimate of drug-likeness (QED) is 0.839. The summed E-state index contributed by atoms with van der Waals surface area (Å²) in [5.41, 5.74) is 1.27. The number of hydrogen-bond acceptors (Lipinski definition) is 5. The Morgan fingerprint density at radius 3 is 3.09 bits per heavy atom. The Kier molecular flexibility index (Phi) is 4.10. The lowest BCUT2D eigenvalue weighted by Gasteiger charge is -2.19. The lowest BCUT2D eigenvalue weighted by Crippen LogP contribution is -2.45. The lowest BCUT2D eigenvalue weighted by molar-refractivity contribution is 0.0903. The zero-order chi connectivity index (χ0) is 15.5. The van der Waals surface area contributed by atoms with Gasteiger partial charge in [-0.1, -0.05) is 0 Å². The smallest absolute Gasteiger partial charge is 0.255 e. The average Bonchev–Trinajstić information content (AvgIpc) is 3.22. The summed E-state index contributed by atoms with van der Waals surface area (Å²) < 4.78 is 13.1. The van der Waals surface area contributed by atoms with Gasteiger partial charge in [-0.3, -0.25) is 14.6 Å². The lowest BCUT2D eigenvalue weighted by atomic mass is 10.2. The van der Waals surface area contributed by atoms with E-state index in [9.17, 15) is 4.79 Å². The Hall–Kier alpha value is -2.35. The van der Waals surface area contributed by atoms with Gasteiger partial charge in [0.15, 0.2) is 5.75 Å². The van der Waals surface area contributed by atoms with Gasteiger partial charge >= 0.3 is 0 Å². The van der Waals surface area contributed by atoms with Gasteiger partial charge in [-0.05, 0) is 13.8 Å². The maximum atomic E-state index is 12.2. The summed E-state index contributed by atoms with van der Waals surface area (Å²) >= 11 is 0. The van der Waals surface area contributed by atoms with Gasteiger partial charge in [0.1, 0.15) is 6.10 Å². The molecular formula is C14H19N5O3. The molecule has 118 valence electrons.